The minimum absolute atomic E-state index is 0.333. The first-order valence-corrected chi connectivity index (χ1v) is 5.52. The zero-order valence-corrected chi connectivity index (χ0v) is 10.5. The van der Waals surface area contributed by atoms with Crippen LogP contribution in [0.2, 0.25) is 0 Å². The van der Waals surface area contributed by atoms with Crippen molar-refractivity contribution in [3.63, 3.8) is 0 Å². The van der Waals surface area contributed by atoms with E-state index in [0.717, 1.165) is 5.82 Å². The lowest BCUT2D eigenvalue weighted by Gasteiger charge is -2.32. The smallest absolute Gasteiger partial charge is 0.177 e. The summed E-state index contributed by atoms with van der Waals surface area (Å²) in [7, 11) is 0. The van der Waals surface area contributed by atoms with Crippen LogP contribution in [0.25, 0.3) is 0 Å². The quantitative estimate of drug-likeness (QED) is 0.758. The number of nitrogens with zero attached hydrogens (tertiary/aromatic N) is 5. The number of aromatic nitrogens is 4. The van der Waals surface area contributed by atoms with Crippen LogP contribution in [-0.4, -0.2) is 32.4 Å². The maximum Gasteiger partial charge on any atom is 0.177 e. The van der Waals surface area contributed by atoms with Crippen molar-refractivity contribution in [3.05, 3.63) is 5.82 Å². The van der Waals surface area contributed by atoms with Crippen LogP contribution in [0.4, 0.5) is 0 Å². The molecule has 86 valence electrons. The zero-order chi connectivity index (χ0) is 11.6. The third kappa shape index (κ3) is 2.46. The lowest BCUT2D eigenvalue weighted by atomic mass is 10.2. The molecule has 0 radical (unpaired) electrons. The molecule has 0 aliphatic heterocycles. The van der Waals surface area contributed by atoms with Crippen molar-refractivity contribution in [1.29, 1.82) is 0 Å². The number of hydrogen-bond donors (Lipinski definition) is 0. The number of rotatable bonds is 4. The SMILES string of the molecule is CC(C)c1nnnn1N(C(C)C)C(C)C. The maximum atomic E-state index is 4.06. The highest BCUT2D eigenvalue weighted by molar-refractivity contribution is 4.99. The van der Waals surface area contributed by atoms with Crippen molar-refractivity contribution in [3.8, 4) is 0 Å². The normalized spacial score (nSPS) is 11.8. The van der Waals surface area contributed by atoms with Gasteiger partial charge in [0.05, 0.1) is 0 Å². The van der Waals surface area contributed by atoms with Crippen LogP contribution >= 0.6 is 0 Å². The van der Waals surface area contributed by atoms with Gasteiger partial charge < -0.3 is 0 Å². The molecule has 0 fully saturated rings. The Kier molecular flexibility index (Phi) is 3.66. The molecular formula is C10H21N5. The van der Waals surface area contributed by atoms with E-state index in [9.17, 15) is 0 Å². The van der Waals surface area contributed by atoms with Crippen LogP contribution in [0.1, 0.15) is 53.3 Å². The van der Waals surface area contributed by atoms with E-state index in [0.29, 0.717) is 18.0 Å². The van der Waals surface area contributed by atoms with E-state index in [-0.39, 0.29) is 0 Å². The molecule has 0 N–H and O–H groups in total. The first-order chi connectivity index (χ1) is 6.95. The summed E-state index contributed by atoms with van der Waals surface area (Å²) in [5, 5.41) is 14.0. The monoisotopic (exact) mass is 211 g/mol. The third-order valence-corrected chi connectivity index (χ3v) is 2.27. The molecule has 0 saturated heterocycles. The third-order valence-electron chi connectivity index (χ3n) is 2.27. The summed E-state index contributed by atoms with van der Waals surface area (Å²) in [6.45, 7) is 12.8. The van der Waals surface area contributed by atoms with Gasteiger partial charge in [0.1, 0.15) is 0 Å². The van der Waals surface area contributed by atoms with E-state index < -0.39 is 0 Å². The minimum atomic E-state index is 0.333. The van der Waals surface area contributed by atoms with Gasteiger partial charge in [0.2, 0.25) is 0 Å². The second kappa shape index (κ2) is 4.59. The summed E-state index contributed by atoms with van der Waals surface area (Å²) in [6, 6.07) is 0.761. The molecule has 1 heterocycles. The predicted molar refractivity (Wildman–Crippen MR) is 60.4 cm³/mol. The van der Waals surface area contributed by atoms with E-state index in [1.165, 1.54) is 0 Å². The Labute approximate surface area is 91.4 Å². The largest absolute Gasteiger partial charge is 0.289 e. The van der Waals surface area contributed by atoms with E-state index in [1.807, 2.05) is 4.79 Å². The van der Waals surface area contributed by atoms with E-state index in [4.69, 9.17) is 0 Å². The standard InChI is InChI=1S/C10H21N5/c1-7(2)10-11-12-13-15(10)14(8(3)4)9(5)6/h7-9H,1-6H3. The van der Waals surface area contributed by atoms with Gasteiger partial charge in [0.15, 0.2) is 5.82 Å². The Morgan fingerprint density at radius 3 is 1.93 bits per heavy atom. The molecule has 15 heavy (non-hydrogen) atoms. The summed E-state index contributed by atoms with van der Waals surface area (Å²) in [6.07, 6.45) is 0. The van der Waals surface area contributed by atoms with Gasteiger partial charge in [0.25, 0.3) is 0 Å². The Balaban J connectivity index is 3.06. The summed E-state index contributed by atoms with van der Waals surface area (Å²) in [5.74, 6) is 1.25. The lowest BCUT2D eigenvalue weighted by Crippen LogP contribution is -2.47. The number of tetrazole rings is 1. The second-order valence-electron chi connectivity index (χ2n) is 4.65. The van der Waals surface area contributed by atoms with Crippen LogP contribution in [0.3, 0.4) is 0 Å². The molecule has 5 heteroatoms. The molecule has 1 aromatic rings. The van der Waals surface area contributed by atoms with Crippen LogP contribution in [0.5, 0.6) is 0 Å². The fourth-order valence-corrected chi connectivity index (χ4v) is 1.73. The minimum Gasteiger partial charge on any atom is -0.289 e. The van der Waals surface area contributed by atoms with Crippen LogP contribution in [0, 0.1) is 0 Å². The van der Waals surface area contributed by atoms with Gasteiger partial charge in [-0.1, -0.05) is 13.8 Å². The molecule has 0 amide bonds. The molecule has 0 aromatic carbocycles. The van der Waals surface area contributed by atoms with E-state index in [1.54, 1.807) is 0 Å². The molecule has 5 nitrogen and oxygen atoms in total. The molecule has 0 atom stereocenters. The van der Waals surface area contributed by atoms with Crippen LogP contribution < -0.4 is 5.01 Å². The van der Waals surface area contributed by atoms with Gasteiger partial charge in [-0.3, -0.25) is 5.01 Å². The lowest BCUT2D eigenvalue weighted by molar-refractivity contribution is 0.403. The molecular weight excluding hydrogens is 190 g/mol. The summed E-state index contributed by atoms with van der Waals surface area (Å²) >= 11 is 0. The van der Waals surface area contributed by atoms with Gasteiger partial charge in [0, 0.05) is 18.0 Å². The fraction of sp³-hybridized carbons (Fsp3) is 0.900. The molecule has 0 spiro atoms. The number of hydrogen-bond acceptors (Lipinski definition) is 4. The predicted octanol–water partition coefficient (Wildman–Crippen LogP) is 1.55. The van der Waals surface area contributed by atoms with Crippen molar-refractivity contribution in [2.45, 2.75) is 59.5 Å². The van der Waals surface area contributed by atoms with Crippen molar-refractivity contribution in [1.82, 2.24) is 20.3 Å². The molecule has 0 aliphatic carbocycles. The first kappa shape index (κ1) is 11.9. The Morgan fingerprint density at radius 1 is 1.00 bits per heavy atom. The average Bonchev–Trinajstić information content (AvgIpc) is 2.51. The Bertz CT molecular complexity index is 295. The van der Waals surface area contributed by atoms with E-state index in [2.05, 4.69) is 62.1 Å². The second-order valence-corrected chi connectivity index (χ2v) is 4.65. The highest BCUT2D eigenvalue weighted by atomic mass is 15.8. The maximum absolute atomic E-state index is 4.06. The molecule has 0 saturated carbocycles. The van der Waals surface area contributed by atoms with Crippen molar-refractivity contribution in [2.24, 2.45) is 0 Å². The zero-order valence-electron chi connectivity index (χ0n) is 10.5. The van der Waals surface area contributed by atoms with Crippen molar-refractivity contribution >= 4 is 0 Å². The van der Waals surface area contributed by atoms with Crippen molar-refractivity contribution in [2.75, 3.05) is 5.01 Å². The van der Waals surface area contributed by atoms with Gasteiger partial charge >= 0.3 is 0 Å². The highest BCUT2D eigenvalue weighted by Crippen LogP contribution is 2.12. The molecule has 0 unspecified atom stereocenters. The molecule has 0 aliphatic rings. The highest BCUT2D eigenvalue weighted by Gasteiger charge is 2.20. The summed E-state index contributed by atoms with van der Waals surface area (Å²) in [4.78, 5) is 1.83. The van der Waals surface area contributed by atoms with Crippen LogP contribution in [0.15, 0.2) is 0 Å². The average molecular weight is 211 g/mol. The summed E-state index contributed by atoms with van der Waals surface area (Å²) in [5.41, 5.74) is 0. The van der Waals surface area contributed by atoms with Gasteiger partial charge in [-0.2, -0.15) is 0 Å². The van der Waals surface area contributed by atoms with Gasteiger partial charge in [-0.15, -0.1) is 9.89 Å². The summed E-state index contributed by atoms with van der Waals surface area (Å²) < 4.78 is 0. The topological polar surface area (TPSA) is 46.8 Å². The molecule has 1 aromatic heterocycles. The fourth-order valence-electron chi connectivity index (χ4n) is 1.73. The van der Waals surface area contributed by atoms with Crippen LogP contribution in [-0.2, 0) is 0 Å². The Hall–Kier alpha value is -1.13. The molecule has 1 rings (SSSR count). The first-order valence-electron chi connectivity index (χ1n) is 5.52. The van der Waals surface area contributed by atoms with Gasteiger partial charge in [-0.25, -0.2) is 0 Å². The van der Waals surface area contributed by atoms with Crippen molar-refractivity contribution < 1.29 is 0 Å². The van der Waals surface area contributed by atoms with Gasteiger partial charge in [-0.05, 0) is 38.1 Å². The molecule has 0 bridgehead atoms. The van der Waals surface area contributed by atoms with E-state index >= 15 is 0 Å². The Morgan fingerprint density at radius 2 is 1.53 bits per heavy atom.